The quantitative estimate of drug-likeness (QED) is 0.276. The summed E-state index contributed by atoms with van der Waals surface area (Å²) in [6.07, 6.45) is 5.87. The number of carboxylic acids is 1. The molecule has 4 N–H and O–H groups in total. The molecule has 1 aromatic heterocycles. The summed E-state index contributed by atoms with van der Waals surface area (Å²) in [7, 11) is 0. The van der Waals surface area contributed by atoms with Crippen molar-refractivity contribution in [1.29, 1.82) is 0 Å². The van der Waals surface area contributed by atoms with Crippen LogP contribution in [0, 0.1) is 5.92 Å². The number of hydrogen-bond donors (Lipinski definition) is 4. The number of halogens is 2. The van der Waals surface area contributed by atoms with E-state index < -0.39 is 29.9 Å². The summed E-state index contributed by atoms with van der Waals surface area (Å²) in [6, 6.07) is 13.2. The summed E-state index contributed by atoms with van der Waals surface area (Å²) < 4.78 is 0. The van der Waals surface area contributed by atoms with Crippen LogP contribution < -0.4 is 16.0 Å². The number of aliphatic carboxylic acids is 1. The molecule has 2 bridgehead atoms. The predicted molar refractivity (Wildman–Crippen MR) is 159 cm³/mol. The van der Waals surface area contributed by atoms with Gasteiger partial charge in [-0.2, -0.15) is 0 Å². The van der Waals surface area contributed by atoms with Crippen LogP contribution in [0.3, 0.4) is 0 Å². The Balaban J connectivity index is 1.25. The molecule has 0 unspecified atom stereocenters. The minimum absolute atomic E-state index is 0.00827. The fraction of sp³-hybridized carbons (Fsp3) is 0.300. The molecule has 12 heteroatoms. The lowest BCUT2D eigenvalue weighted by Gasteiger charge is -2.50. The number of rotatable bonds is 8. The van der Waals surface area contributed by atoms with E-state index in [-0.39, 0.29) is 40.0 Å². The van der Waals surface area contributed by atoms with Gasteiger partial charge in [-0.25, -0.2) is 9.59 Å². The molecule has 10 nitrogen and oxygen atoms in total. The van der Waals surface area contributed by atoms with Crippen LogP contribution in [0.4, 0.5) is 16.2 Å². The van der Waals surface area contributed by atoms with E-state index >= 15 is 0 Å². The molecule has 2 saturated heterocycles. The first-order chi connectivity index (χ1) is 20.2. The fourth-order valence-corrected chi connectivity index (χ4v) is 6.27. The molecule has 3 heterocycles. The highest BCUT2D eigenvalue weighted by molar-refractivity contribution is 6.40. The summed E-state index contributed by atoms with van der Waals surface area (Å²) in [4.78, 5) is 57.1. The van der Waals surface area contributed by atoms with Gasteiger partial charge >= 0.3 is 12.0 Å². The number of piperidine rings is 2. The van der Waals surface area contributed by atoms with Crippen molar-refractivity contribution in [3.8, 4) is 0 Å². The Morgan fingerprint density at radius 2 is 1.50 bits per heavy atom. The third-order valence-corrected chi connectivity index (χ3v) is 8.33. The number of hydrogen-bond acceptors (Lipinski definition) is 5. The van der Waals surface area contributed by atoms with Gasteiger partial charge in [-0.05, 0) is 61.4 Å². The molecular formula is C30H29Cl2N5O5. The Hall–Kier alpha value is -4.15. The first-order valence-electron chi connectivity index (χ1n) is 13.6. The second-order valence-electron chi connectivity index (χ2n) is 10.4. The fourth-order valence-electron chi connectivity index (χ4n) is 5.73. The average Bonchev–Trinajstić information content (AvgIpc) is 2.98. The van der Waals surface area contributed by atoms with Crippen LogP contribution >= 0.6 is 23.2 Å². The molecule has 1 saturated carbocycles. The summed E-state index contributed by atoms with van der Waals surface area (Å²) in [6.45, 7) is 0. The number of nitrogens with one attached hydrogen (secondary N) is 3. The maximum absolute atomic E-state index is 13.6. The number of aromatic nitrogens is 1. The van der Waals surface area contributed by atoms with E-state index in [1.54, 1.807) is 41.3 Å². The minimum Gasteiger partial charge on any atom is -0.480 e. The predicted octanol–water partition coefficient (Wildman–Crippen LogP) is 5.23. The van der Waals surface area contributed by atoms with Gasteiger partial charge in [0.2, 0.25) is 5.91 Å². The number of pyridine rings is 1. The maximum atomic E-state index is 13.6. The maximum Gasteiger partial charge on any atom is 0.326 e. The van der Waals surface area contributed by atoms with Crippen LogP contribution in [-0.2, 0) is 16.0 Å². The van der Waals surface area contributed by atoms with Gasteiger partial charge in [-0.3, -0.25) is 14.6 Å². The Labute approximate surface area is 252 Å². The number of anilines is 2. The molecule has 0 spiro atoms. The number of fused-ring (bicyclic) bond motifs is 3. The minimum atomic E-state index is -1.22. The van der Waals surface area contributed by atoms with Gasteiger partial charge in [0.1, 0.15) is 12.1 Å². The van der Waals surface area contributed by atoms with Gasteiger partial charge < -0.3 is 26.0 Å². The van der Waals surface area contributed by atoms with Crippen molar-refractivity contribution in [1.82, 2.24) is 15.2 Å². The zero-order valence-corrected chi connectivity index (χ0v) is 23.9. The van der Waals surface area contributed by atoms with E-state index in [1.165, 1.54) is 12.4 Å². The van der Waals surface area contributed by atoms with E-state index in [1.807, 2.05) is 18.2 Å². The van der Waals surface area contributed by atoms with E-state index in [9.17, 15) is 24.3 Å². The molecule has 218 valence electrons. The van der Waals surface area contributed by atoms with Gasteiger partial charge in [0.15, 0.2) is 0 Å². The zero-order valence-electron chi connectivity index (χ0n) is 22.4. The molecule has 1 aliphatic carbocycles. The molecule has 4 amide bonds. The number of amides is 4. The highest BCUT2D eigenvalue weighted by atomic mass is 35.5. The highest BCUT2D eigenvalue weighted by Gasteiger charge is 2.48. The van der Waals surface area contributed by atoms with Crippen LogP contribution in [0.1, 0.15) is 41.6 Å². The second kappa shape index (κ2) is 12.8. The van der Waals surface area contributed by atoms with E-state index in [4.69, 9.17) is 23.2 Å². The van der Waals surface area contributed by atoms with Gasteiger partial charge in [0.05, 0.1) is 15.6 Å². The molecule has 2 aromatic carbocycles. The largest absolute Gasteiger partial charge is 0.480 e. The molecule has 2 atom stereocenters. The summed E-state index contributed by atoms with van der Waals surface area (Å²) in [5.74, 6) is -2.23. The van der Waals surface area contributed by atoms with Crippen LogP contribution in [0.2, 0.25) is 10.0 Å². The Morgan fingerprint density at radius 1 is 0.881 bits per heavy atom. The van der Waals surface area contributed by atoms with Crippen molar-refractivity contribution in [2.45, 2.75) is 50.2 Å². The molecule has 3 fully saturated rings. The second-order valence-corrected chi connectivity index (χ2v) is 11.3. The third-order valence-electron chi connectivity index (χ3n) is 7.76. The van der Waals surface area contributed by atoms with Crippen molar-refractivity contribution in [3.05, 3.63) is 88.2 Å². The van der Waals surface area contributed by atoms with Gasteiger partial charge in [-0.15, -0.1) is 0 Å². The van der Waals surface area contributed by atoms with Crippen molar-refractivity contribution in [2.75, 3.05) is 10.6 Å². The Bertz CT molecular complexity index is 1460. The van der Waals surface area contributed by atoms with Gasteiger partial charge in [0, 0.05) is 36.2 Å². The molecule has 42 heavy (non-hydrogen) atoms. The standard InChI is InChI=1S/C30H29Cl2N5O5/c31-22-15-33-16-23(32)25(22)27(38)34-20-10-6-17(7-11-20)14-24(29(40)41)36-28(39)26-18-8-12-21(13-9-18)37(26)30(42)35-19-4-2-1-3-5-19/h1-7,10-11,15-16,18,21,24,26H,8-9,12-14H2,(H,34,38)(H,35,42)(H,36,39)(H,40,41)/t18?,21?,24-,26-/m0/s1. The zero-order chi connectivity index (χ0) is 29.8. The van der Waals surface area contributed by atoms with Crippen molar-refractivity contribution in [3.63, 3.8) is 0 Å². The first kappa shape index (κ1) is 29.3. The van der Waals surface area contributed by atoms with E-state index in [0.29, 0.717) is 16.9 Å². The summed E-state index contributed by atoms with van der Waals surface area (Å²) in [5, 5.41) is 18.4. The number of carboxylic acid groups (broad SMARTS) is 1. The highest BCUT2D eigenvalue weighted by Crippen LogP contribution is 2.40. The SMILES string of the molecule is O=C(Nc1ccc(C[C@H](NC(=O)[C@@H]2C3CCC(CC3)N2C(=O)Nc2ccccc2)C(=O)O)cc1)c1c(Cl)cncc1Cl. The van der Waals surface area contributed by atoms with Gasteiger partial charge in [-0.1, -0.05) is 53.5 Å². The normalized spacial score (nSPS) is 20.0. The smallest absolute Gasteiger partial charge is 0.326 e. The number of carbonyl (C=O) groups is 4. The molecular weight excluding hydrogens is 581 g/mol. The van der Waals surface area contributed by atoms with Crippen LogP contribution in [0.15, 0.2) is 67.0 Å². The first-order valence-corrected chi connectivity index (χ1v) is 14.3. The van der Waals surface area contributed by atoms with Gasteiger partial charge in [0.25, 0.3) is 5.91 Å². The Morgan fingerprint density at radius 3 is 2.12 bits per heavy atom. The number of urea groups is 1. The van der Waals surface area contributed by atoms with Crippen molar-refractivity contribution < 1.29 is 24.3 Å². The number of para-hydroxylation sites is 1. The molecule has 2 aliphatic heterocycles. The molecule has 6 rings (SSSR count). The number of nitrogens with zero attached hydrogens (tertiary/aromatic N) is 2. The van der Waals surface area contributed by atoms with Crippen molar-refractivity contribution >= 4 is 58.4 Å². The lowest BCUT2D eigenvalue weighted by molar-refractivity contribution is -0.144. The lowest BCUT2D eigenvalue weighted by atomic mass is 9.74. The monoisotopic (exact) mass is 609 g/mol. The summed E-state index contributed by atoms with van der Waals surface area (Å²) in [5.41, 5.74) is 1.79. The molecule has 3 aliphatic rings. The van der Waals surface area contributed by atoms with E-state index in [0.717, 1.165) is 25.7 Å². The number of carbonyl (C=O) groups excluding carboxylic acids is 3. The van der Waals surface area contributed by atoms with Crippen LogP contribution in [0.5, 0.6) is 0 Å². The topological polar surface area (TPSA) is 141 Å². The Kier molecular flexibility index (Phi) is 8.94. The van der Waals surface area contributed by atoms with E-state index in [2.05, 4.69) is 20.9 Å². The average molecular weight is 610 g/mol. The molecule has 3 aromatic rings. The number of benzene rings is 2. The van der Waals surface area contributed by atoms with Crippen LogP contribution in [0.25, 0.3) is 0 Å². The lowest BCUT2D eigenvalue weighted by Crippen LogP contribution is -2.64. The molecule has 0 radical (unpaired) electrons. The third kappa shape index (κ3) is 6.50. The van der Waals surface area contributed by atoms with Crippen molar-refractivity contribution in [2.24, 2.45) is 5.92 Å². The van der Waals surface area contributed by atoms with Crippen LogP contribution in [-0.4, -0.2) is 56.9 Å². The summed E-state index contributed by atoms with van der Waals surface area (Å²) >= 11 is 12.1.